The van der Waals surface area contributed by atoms with Gasteiger partial charge >= 0.3 is 0 Å². The summed E-state index contributed by atoms with van der Waals surface area (Å²) >= 11 is 0. The van der Waals surface area contributed by atoms with Gasteiger partial charge in [-0.05, 0) is 19.1 Å². The van der Waals surface area contributed by atoms with Gasteiger partial charge in [-0.2, -0.15) is 0 Å². The van der Waals surface area contributed by atoms with E-state index in [-0.39, 0.29) is 6.04 Å². The maximum atomic E-state index is 5.26. The number of hydrogen-bond donors (Lipinski definition) is 1. The van der Waals surface area contributed by atoms with Crippen LogP contribution in [-0.2, 0) is 4.74 Å². The third-order valence-electron chi connectivity index (χ3n) is 2.09. The van der Waals surface area contributed by atoms with E-state index >= 15 is 0 Å². The van der Waals surface area contributed by atoms with Crippen molar-refractivity contribution in [2.24, 2.45) is 0 Å². The molecule has 1 fully saturated rings. The second kappa shape index (κ2) is 3.29. The van der Waals surface area contributed by atoms with Crippen molar-refractivity contribution in [1.82, 2.24) is 5.32 Å². The highest BCUT2D eigenvalue weighted by Gasteiger charge is 2.21. The number of hydrogen-bond acceptors (Lipinski definition) is 3. The van der Waals surface area contributed by atoms with Crippen molar-refractivity contribution in [3.05, 3.63) is 24.2 Å². The summed E-state index contributed by atoms with van der Waals surface area (Å²) in [6, 6.07) is 4.68. The molecule has 0 spiro atoms. The molecule has 0 bridgehead atoms. The van der Waals surface area contributed by atoms with Crippen LogP contribution in [0.2, 0.25) is 0 Å². The van der Waals surface area contributed by atoms with Crippen LogP contribution in [0.25, 0.3) is 0 Å². The van der Waals surface area contributed by atoms with E-state index < -0.39 is 0 Å². The molecule has 1 aliphatic heterocycles. The fraction of sp³-hybridized carbons (Fsp3) is 0.556. The molecule has 0 radical (unpaired) electrons. The molecular weight excluding hydrogens is 154 g/mol. The van der Waals surface area contributed by atoms with Crippen molar-refractivity contribution in [2.75, 3.05) is 13.2 Å². The summed E-state index contributed by atoms with van der Waals surface area (Å²) in [6.07, 6.45) is 1.70. The topological polar surface area (TPSA) is 34.4 Å². The Morgan fingerprint density at radius 3 is 2.92 bits per heavy atom. The van der Waals surface area contributed by atoms with Gasteiger partial charge in [-0.15, -0.1) is 0 Å². The lowest BCUT2D eigenvalue weighted by Gasteiger charge is -2.29. The largest absolute Gasteiger partial charge is 0.468 e. The van der Waals surface area contributed by atoms with Gasteiger partial charge in [-0.25, -0.2) is 0 Å². The van der Waals surface area contributed by atoms with Crippen LogP contribution in [0.5, 0.6) is 0 Å². The van der Waals surface area contributed by atoms with Crippen molar-refractivity contribution >= 4 is 0 Å². The Balaban J connectivity index is 1.87. The minimum atomic E-state index is 0.286. The number of ether oxygens (including phenoxy) is 1. The standard InChI is InChI=1S/C9H13NO2/c1-7(9-3-2-4-12-9)10-8-5-11-6-8/h2-4,7-8,10H,5-6H2,1H3. The monoisotopic (exact) mass is 167 g/mol. The highest BCUT2D eigenvalue weighted by atomic mass is 16.5. The van der Waals surface area contributed by atoms with Crippen molar-refractivity contribution in [2.45, 2.75) is 19.0 Å². The summed E-state index contributed by atoms with van der Waals surface area (Å²) in [4.78, 5) is 0. The lowest BCUT2D eigenvalue weighted by Crippen LogP contribution is -2.46. The second-order valence-corrected chi connectivity index (χ2v) is 3.14. The summed E-state index contributed by atoms with van der Waals surface area (Å²) in [7, 11) is 0. The fourth-order valence-electron chi connectivity index (χ4n) is 1.31. The molecular formula is C9H13NO2. The molecule has 0 amide bonds. The molecule has 2 rings (SSSR count). The second-order valence-electron chi connectivity index (χ2n) is 3.14. The van der Waals surface area contributed by atoms with E-state index in [9.17, 15) is 0 Å². The number of nitrogens with one attached hydrogen (secondary N) is 1. The minimum absolute atomic E-state index is 0.286. The first-order chi connectivity index (χ1) is 5.86. The van der Waals surface area contributed by atoms with Crippen LogP contribution in [0.4, 0.5) is 0 Å². The van der Waals surface area contributed by atoms with E-state index in [1.807, 2.05) is 12.1 Å². The maximum Gasteiger partial charge on any atom is 0.120 e. The Labute approximate surface area is 71.7 Å². The van der Waals surface area contributed by atoms with E-state index in [1.165, 1.54) is 0 Å². The quantitative estimate of drug-likeness (QED) is 0.737. The zero-order valence-corrected chi connectivity index (χ0v) is 7.12. The Morgan fingerprint density at radius 1 is 1.58 bits per heavy atom. The Morgan fingerprint density at radius 2 is 2.42 bits per heavy atom. The van der Waals surface area contributed by atoms with Crippen LogP contribution in [-0.4, -0.2) is 19.3 Å². The first-order valence-electron chi connectivity index (χ1n) is 4.23. The lowest BCUT2D eigenvalue weighted by atomic mass is 10.2. The van der Waals surface area contributed by atoms with E-state index in [0.717, 1.165) is 19.0 Å². The zero-order valence-electron chi connectivity index (χ0n) is 7.12. The van der Waals surface area contributed by atoms with Gasteiger partial charge in [0.1, 0.15) is 5.76 Å². The smallest absolute Gasteiger partial charge is 0.120 e. The van der Waals surface area contributed by atoms with E-state index in [1.54, 1.807) is 6.26 Å². The number of rotatable bonds is 3. The van der Waals surface area contributed by atoms with E-state index in [2.05, 4.69) is 12.2 Å². The third kappa shape index (κ3) is 1.52. The first-order valence-corrected chi connectivity index (χ1v) is 4.23. The van der Waals surface area contributed by atoms with Crippen LogP contribution in [0.1, 0.15) is 18.7 Å². The molecule has 3 nitrogen and oxygen atoms in total. The molecule has 1 aromatic rings. The van der Waals surface area contributed by atoms with Crippen molar-refractivity contribution in [1.29, 1.82) is 0 Å². The lowest BCUT2D eigenvalue weighted by molar-refractivity contribution is -0.0102. The molecule has 1 unspecified atom stereocenters. The van der Waals surface area contributed by atoms with E-state index in [0.29, 0.717) is 6.04 Å². The summed E-state index contributed by atoms with van der Waals surface area (Å²) in [6.45, 7) is 3.74. The van der Waals surface area contributed by atoms with Crippen LogP contribution in [0.15, 0.2) is 22.8 Å². The molecule has 1 N–H and O–H groups in total. The Hall–Kier alpha value is -0.800. The predicted octanol–water partition coefficient (Wildman–Crippen LogP) is 1.33. The van der Waals surface area contributed by atoms with Gasteiger partial charge in [0.05, 0.1) is 31.6 Å². The maximum absolute atomic E-state index is 5.26. The minimum Gasteiger partial charge on any atom is -0.468 e. The fourth-order valence-corrected chi connectivity index (χ4v) is 1.31. The summed E-state index contributed by atoms with van der Waals surface area (Å²) in [5.41, 5.74) is 0. The molecule has 12 heavy (non-hydrogen) atoms. The van der Waals surface area contributed by atoms with Gasteiger partial charge in [0.25, 0.3) is 0 Å². The van der Waals surface area contributed by atoms with Crippen molar-refractivity contribution < 1.29 is 9.15 Å². The molecule has 3 heteroatoms. The average Bonchev–Trinajstić information content (AvgIpc) is 2.47. The van der Waals surface area contributed by atoms with Crippen molar-refractivity contribution in [3.8, 4) is 0 Å². The number of furan rings is 1. The van der Waals surface area contributed by atoms with Gasteiger partial charge in [-0.1, -0.05) is 0 Å². The van der Waals surface area contributed by atoms with Crippen molar-refractivity contribution in [3.63, 3.8) is 0 Å². The van der Waals surface area contributed by atoms with Crippen LogP contribution in [0.3, 0.4) is 0 Å². The van der Waals surface area contributed by atoms with Gasteiger partial charge in [0.2, 0.25) is 0 Å². The molecule has 0 aromatic carbocycles. The highest BCUT2D eigenvalue weighted by molar-refractivity contribution is 5.03. The van der Waals surface area contributed by atoms with E-state index in [4.69, 9.17) is 9.15 Å². The molecule has 1 atom stereocenters. The molecule has 1 saturated heterocycles. The van der Waals surface area contributed by atoms with Gasteiger partial charge < -0.3 is 14.5 Å². The van der Waals surface area contributed by atoms with Gasteiger partial charge in [0.15, 0.2) is 0 Å². The Kier molecular flexibility index (Phi) is 2.15. The highest BCUT2D eigenvalue weighted by Crippen LogP contribution is 2.14. The van der Waals surface area contributed by atoms with Crippen LogP contribution in [0, 0.1) is 0 Å². The van der Waals surface area contributed by atoms with Crippen LogP contribution < -0.4 is 5.32 Å². The molecule has 1 aromatic heterocycles. The zero-order chi connectivity index (χ0) is 8.39. The van der Waals surface area contributed by atoms with Crippen LogP contribution >= 0.6 is 0 Å². The molecule has 66 valence electrons. The molecule has 0 aliphatic carbocycles. The Bertz CT molecular complexity index is 229. The molecule has 0 saturated carbocycles. The van der Waals surface area contributed by atoms with Gasteiger partial charge in [0, 0.05) is 0 Å². The van der Waals surface area contributed by atoms with Gasteiger partial charge in [-0.3, -0.25) is 0 Å². The average molecular weight is 167 g/mol. The summed E-state index contributed by atoms with van der Waals surface area (Å²) in [5, 5.41) is 3.40. The predicted molar refractivity (Wildman–Crippen MR) is 44.9 cm³/mol. The summed E-state index contributed by atoms with van der Waals surface area (Å²) in [5.74, 6) is 0.988. The summed E-state index contributed by atoms with van der Waals surface area (Å²) < 4.78 is 10.3. The third-order valence-corrected chi connectivity index (χ3v) is 2.09. The first kappa shape index (κ1) is 7.83. The molecule has 1 aliphatic rings. The normalized spacial score (nSPS) is 20.4. The molecule has 2 heterocycles. The SMILES string of the molecule is CC(NC1COC1)c1ccco1.